The number of rotatable bonds is 8. The minimum Gasteiger partial charge on any atom is -0.480 e. The van der Waals surface area contributed by atoms with Gasteiger partial charge in [-0.3, -0.25) is 14.4 Å². The first-order valence-corrected chi connectivity index (χ1v) is 10.1. The number of carbonyl (C=O) groups excluding carboxylic acids is 3. The van der Waals surface area contributed by atoms with Gasteiger partial charge in [0.2, 0.25) is 11.8 Å². The number of hydrogen-bond donors (Lipinski definition) is 5. The Morgan fingerprint density at radius 1 is 1.12 bits per heavy atom. The number of para-hydroxylation sites is 1. The summed E-state index contributed by atoms with van der Waals surface area (Å²) in [7, 11) is 0. The predicted molar refractivity (Wildman–Crippen MR) is 118 cm³/mol. The Morgan fingerprint density at radius 3 is 2.44 bits per heavy atom. The van der Waals surface area contributed by atoms with Gasteiger partial charge in [-0.15, -0.1) is 0 Å². The van der Waals surface area contributed by atoms with Crippen LogP contribution in [0.5, 0.6) is 0 Å². The van der Waals surface area contributed by atoms with E-state index < -0.39 is 42.2 Å². The summed E-state index contributed by atoms with van der Waals surface area (Å²) >= 11 is 0. The van der Waals surface area contributed by atoms with Gasteiger partial charge in [-0.25, -0.2) is 9.78 Å². The van der Waals surface area contributed by atoms with E-state index in [1.165, 1.54) is 0 Å². The number of carboxylic acids is 1. The van der Waals surface area contributed by atoms with Gasteiger partial charge in [-0.2, -0.15) is 0 Å². The van der Waals surface area contributed by atoms with Crippen LogP contribution in [-0.2, 0) is 14.4 Å². The van der Waals surface area contributed by atoms with Crippen molar-refractivity contribution in [1.82, 2.24) is 20.6 Å². The van der Waals surface area contributed by atoms with E-state index in [0.29, 0.717) is 5.69 Å². The molecule has 1 aromatic carbocycles. The molecule has 0 fully saturated rings. The van der Waals surface area contributed by atoms with Crippen molar-refractivity contribution in [1.29, 1.82) is 0 Å². The average Bonchev–Trinajstić information content (AvgIpc) is 3.10. The summed E-state index contributed by atoms with van der Waals surface area (Å²) in [6, 6.07) is 6.79. The van der Waals surface area contributed by atoms with Crippen LogP contribution >= 0.6 is 0 Å². The second-order valence-electron chi connectivity index (χ2n) is 7.95. The topological polar surface area (TPSA) is 167 Å². The standard InChI is InChI=1S/C22H25N5O5/c1-10(2)18(21(30)26-16(22(31)32)9-17(23)28)27-20(29)15-8-13-12-6-4-5-7-14(12)25-19(13)11(3)24-15/h4-8,10,16,18,25H,9H2,1-3H3,(H2,23,28)(H,26,30)(H,27,29)(H,31,32). The highest BCUT2D eigenvalue weighted by Gasteiger charge is 2.30. The Balaban J connectivity index is 1.86. The predicted octanol–water partition coefficient (Wildman–Crippen LogP) is 1.22. The molecule has 0 aliphatic heterocycles. The fourth-order valence-electron chi connectivity index (χ4n) is 3.53. The largest absolute Gasteiger partial charge is 0.480 e. The molecule has 2 unspecified atom stereocenters. The van der Waals surface area contributed by atoms with Gasteiger partial charge >= 0.3 is 5.97 Å². The number of carboxylic acid groups (broad SMARTS) is 1. The molecule has 2 atom stereocenters. The number of nitrogens with two attached hydrogens (primary N) is 1. The molecule has 3 amide bonds. The summed E-state index contributed by atoms with van der Waals surface area (Å²) in [6.07, 6.45) is -0.558. The molecule has 10 heteroatoms. The third-order valence-corrected chi connectivity index (χ3v) is 5.17. The van der Waals surface area contributed by atoms with Gasteiger partial charge in [0.25, 0.3) is 5.91 Å². The number of aromatic amines is 1. The highest BCUT2D eigenvalue weighted by Crippen LogP contribution is 2.27. The van der Waals surface area contributed by atoms with Gasteiger partial charge in [-0.05, 0) is 25.0 Å². The number of H-pyrrole nitrogens is 1. The first kappa shape index (κ1) is 22.7. The third kappa shape index (κ3) is 4.69. The summed E-state index contributed by atoms with van der Waals surface area (Å²) in [5.74, 6) is -3.93. The van der Waals surface area contributed by atoms with Gasteiger partial charge in [-0.1, -0.05) is 32.0 Å². The zero-order valence-corrected chi connectivity index (χ0v) is 17.9. The molecule has 0 saturated carbocycles. The van der Waals surface area contributed by atoms with Gasteiger partial charge in [0.15, 0.2) is 0 Å². The number of amides is 3. The van der Waals surface area contributed by atoms with Crippen molar-refractivity contribution in [2.75, 3.05) is 0 Å². The summed E-state index contributed by atoms with van der Waals surface area (Å²) in [5, 5.41) is 15.9. The molecule has 168 valence electrons. The highest BCUT2D eigenvalue weighted by atomic mass is 16.4. The van der Waals surface area contributed by atoms with E-state index in [-0.39, 0.29) is 11.6 Å². The minimum absolute atomic E-state index is 0.130. The van der Waals surface area contributed by atoms with Crippen molar-refractivity contribution in [3.63, 3.8) is 0 Å². The van der Waals surface area contributed by atoms with Crippen LogP contribution in [0.4, 0.5) is 0 Å². The van der Waals surface area contributed by atoms with Crippen molar-refractivity contribution < 1.29 is 24.3 Å². The molecule has 2 heterocycles. The molecule has 32 heavy (non-hydrogen) atoms. The molecular formula is C22H25N5O5. The Hall–Kier alpha value is -3.95. The van der Waals surface area contributed by atoms with Crippen molar-refractivity contribution >= 4 is 45.5 Å². The number of benzene rings is 1. The molecule has 0 aliphatic carbocycles. The smallest absolute Gasteiger partial charge is 0.326 e. The SMILES string of the molecule is Cc1nc(C(=O)NC(C(=O)NC(CC(N)=O)C(=O)O)C(C)C)cc2c1[nH]c1ccccc12. The van der Waals surface area contributed by atoms with Crippen LogP contribution in [0.15, 0.2) is 30.3 Å². The van der Waals surface area contributed by atoms with Gasteiger partial charge in [0.1, 0.15) is 17.8 Å². The average molecular weight is 439 g/mol. The van der Waals surface area contributed by atoms with Crippen LogP contribution in [0, 0.1) is 12.8 Å². The van der Waals surface area contributed by atoms with E-state index in [1.54, 1.807) is 26.8 Å². The monoisotopic (exact) mass is 439 g/mol. The van der Waals surface area contributed by atoms with Crippen molar-refractivity contribution in [2.45, 2.75) is 39.3 Å². The number of hydrogen-bond acceptors (Lipinski definition) is 5. The number of nitrogens with zero attached hydrogens (tertiary/aromatic N) is 1. The van der Waals surface area contributed by atoms with E-state index in [4.69, 9.17) is 5.73 Å². The summed E-state index contributed by atoms with van der Waals surface area (Å²) in [6.45, 7) is 5.19. The maximum Gasteiger partial charge on any atom is 0.326 e. The van der Waals surface area contributed by atoms with Gasteiger partial charge in [0.05, 0.1) is 17.6 Å². The molecule has 0 spiro atoms. The second-order valence-corrected chi connectivity index (χ2v) is 7.95. The van der Waals surface area contributed by atoms with Crippen LogP contribution in [0.3, 0.4) is 0 Å². The lowest BCUT2D eigenvalue weighted by atomic mass is 10.0. The lowest BCUT2D eigenvalue weighted by Gasteiger charge is -2.23. The highest BCUT2D eigenvalue weighted by molar-refractivity contribution is 6.10. The number of carbonyl (C=O) groups is 4. The summed E-state index contributed by atoms with van der Waals surface area (Å²) in [5.41, 5.74) is 7.54. The van der Waals surface area contributed by atoms with Crippen molar-refractivity contribution in [3.8, 4) is 0 Å². The third-order valence-electron chi connectivity index (χ3n) is 5.17. The van der Waals surface area contributed by atoms with E-state index in [0.717, 1.165) is 21.8 Å². The van der Waals surface area contributed by atoms with Crippen molar-refractivity contribution in [3.05, 3.63) is 41.7 Å². The molecule has 3 aromatic rings. The van der Waals surface area contributed by atoms with Crippen LogP contribution in [0.25, 0.3) is 21.8 Å². The fourth-order valence-corrected chi connectivity index (χ4v) is 3.53. The number of pyridine rings is 1. The number of aliphatic carboxylic acids is 1. The van der Waals surface area contributed by atoms with Crippen molar-refractivity contribution in [2.24, 2.45) is 11.7 Å². The Kier molecular flexibility index (Phi) is 6.42. The van der Waals surface area contributed by atoms with Crippen LogP contribution in [-0.4, -0.2) is 50.8 Å². The molecule has 0 radical (unpaired) electrons. The van der Waals surface area contributed by atoms with Crippen LogP contribution in [0.2, 0.25) is 0 Å². The second kappa shape index (κ2) is 9.04. The molecule has 6 N–H and O–H groups in total. The Bertz CT molecular complexity index is 1220. The minimum atomic E-state index is -1.49. The van der Waals surface area contributed by atoms with Crippen LogP contribution in [0.1, 0.15) is 36.5 Å². The summed E-state index contributed by atoms with van der Waals surface area (Å²) in [4.78, 5) is 55.7. The Morgan fingerprint density at radius 2 is 1.81 bits per heavy atom. The zero-order chi connectivity index (χ0) is 23.6. The fraction of sp³-hybridized carbons (Fsp3) is 0.318. The first-order valence-electron chi connectivity index (χ1n) is 10.1. The number of aromatic nitrogens is 2. The normalized spacial score (nSPS) is 13.1. The molecule has 3 rings (SSSR count). The number of nitrogens with one attached hydrogen (secondary N) is 3. The molecular weight excluding hydrogens is 414 g/mol. The van der Waals surface area contributed by atoms with E-state index >= 15 is 0 Å². The van der Waals surface area contributed by atoms with Gasteiger partial charge in [0, 0.05) is 16.3 Å². The number of primary amides is 1. The van der Waals surface area contributed by atoms with Crippen LogP contribution < -0.4 is 16.4 Å². The van der Waals surface area contributed by atoms with E-state index in [9.17, 15) is 24.3 Å². The molecule has 0 saturated heterocycles. The first-order chi connectivity index (χ1) is 15.1. The number of aryl methyl sites for hydroxylation is 1. The maximum absolute atomic E-state index is 13.0. The van der Waals surface area contributed by atoms with E-state index in [2.05, 4.69) is 20.6 Å². The lowest BCUT2D eigenvalue weighted by Crippen LogP contribution is -2.54. The molecule has 0 bridgehead atoms. The number of fused-ring (bicyclic) bond motifs is 3. The molecule has 10 nitrogen and oxygen atoms in total. The Labute approximate surface area is 183 Å². The quantitative estimate of drug-likeness (QED) is 0.354. The van der Waals surface area contributed by atoms with Gasteiger partial charge < -0.3 is 26.5 Å². The lowest BCUT2D eigenvalue weighted by molar-refractivity contribution is -0.143. The zero-order valence-electron chi connectivity index (χ0n) is 17.9. The molecule has 2 aromatic heterocycles. The molecule has 0 aliphatic rings. The summed E-state index contributed by atoms with van der Waals surface area (Å²) < 4.78 is 0. The van der Waals surface area contributed by atoms with E-state index in [1.807, 2.05) is 24.3 Å². The maximum atomic E-state index is 13.0.